The summed E-state index contributed by atoms with van der Waals surface area (Å²) in [5.41, 5.74) is 0. The van der Waals surface area contributed by atoms with Gasteiger partial charge in [0.05, 0.1) is 0 Å². The number of hydrogen-bond acceptors (Lipinski definition) is 2. The molecule has 0 radical (unpaired) electrons. The lowest BCUT2D eigenvalue weighted by molar-refractivity contribution is 0.287. The normalized spacial score (nSPS) is 24.7. The minimum atomic E-state index is 0.344. The average Bonchev–Trinajstić information content (AvgIpc) is 2.53. The molecule has 2 unspecified atom stereocenters. The van der Waals surface area contributed by atoms with Crippen LogP contribution < -0.4 is 5.32 Å². The van der Waals surface area contributed by atoms with Crippen molar-refractivity contribution in [2.45, 2.75) is 78.2 Å². The Kier molecular flexibility index (Phi) is 12.3. The molecule has 1 aliphatic rings. The highest BCUT2D eigenvalue weighted by atomic mass is 16.2. The summed E-state index contributed by atoms with van der Waals surface area (Å²) in [7, 11) is 0. The van der Waals surface area contributed by atoms with Crippen molar-refractivity contribution in [2.75, 3.05) is 13.2 Å². The second-order valence-electron chi connectivity index (χ2n) is 5.25. The number of aliphatic hydroxyl groups excluding tert-OH is 1. The summed E-state index contributed by atoms with van der Waals surface area (Å²) in [5.74, 6) is 0.902. The molecule has 0 aromatic rings. The van der Waals surface area contributed by atoms with Gasteiger partial charge in [0.1, 0.15) is 0 Å². The molecule has 17 heavy (non-hydrogen) atoms. The first-order valence-corrected chi connectivity index (χ1v) is 7.60. The maximum absolute atomic E-state index is 8.07. The van der Waals surface area contributed by atoms with Crippen LogP contribution in [0.1, 0.15) is 72.1 Å². The van der Waals surface area contributed by atoms with E-state index in [1.807, 2.05) is 0 Å². The summed E-state index contributed by atoms with van der Waals surface area (Å²) < 4.78 is 0. The molecular weight excluding hydrogens is 210 g/mol. The molecule has 1 rings (SSSR count). The van der Waals surface area contributed by atoms with E-state index in [1.165, 1.54) is 45.1 Å². The van der Waals surface area contributed by atoms with Gasteiger partial charge >= 0.3 is 0 Å². The van der Waals surface area contributed by atoms with Crippen molar-refractivity contribution >= 4 is 0 Å². The van der Waals surface area contributed by atoms with Crippen molar-refractivity contribution in [3.05, 3.63) is 0 Å². The number of hydrogen-bond donors (Lipinski definition) is 2. The Morgan fingerprint density at radius 2 is 1.76 bits per heavy atom. The molecule has 2 atom stereocenters. The van der Waals surface area contributed by atoms with Crippen molar-refractivity contribution in [3.8, 4) is 0 Å². The summed E-state index contributed by atoms with van der Waals surface area (Å²) in [6.45, 7) is 8.24. The van der Waals surface area contributed by atoms with Gasteiger partial charge < -0.3 is 10.4 Å². The Hall–Kier alpha value is -0.0800. The predicted molar refractivity (Wildman–Crippen MR) is 76.3 cm³/mol. The Balaban J connectivity index is 0.000000437. The molecule has 0 bridgehead atoms. The van der Waals surface area contributed by atoms with Crippen LogP contribution in [-0.2, 0) is 0 Å². The molecule has 0 aliphatic heterocycles. The van der Waals surface area contributed by atoms with Gasteiger partial charge in [0.2, 0.25) is 0 Å². The Labute approximate surface area is 108 Å². The second kappa shape index (κ2) is 12.4. The molecule has 0 aromatic heterocycles. The molecule has 1 saturated carbocycles. The summed E-state index contributed by atoms with van der Waals surface area (Å²) in [5, 5.41) is 11.7. The number of rotatable bonds is 5. The molecule has 0 heterocycles. The summed E-state index contributed by atoms with van der Waals surface area (Å²) in [6.07, 6.45) is 10.5. The lowest BCUT2D eigenvalue weighted by Crippen LogP contribution is -2.34. The Morgan fingerprint density at radius 1 is 1.06 bits per heavy atom. The molecular formula is C15H33NO. The van der Waals surface area contributed by atoms with E-state index in [2.05, 4.69) is 26.1 Å². The SMILES string of the molecule is CCCCO.CCCNC1CCCCCC1C. The lowest BCUT2D eigenvalue weighted by Gasteiger charge is -2.22. The fourth-order valence-corrected chi connectivity index (χ4v) is 2.28. The summed E-state index contributed by atoms with van der Waals surface area (Å²) in [4.78, 5) is 0. The number of aliphatic hydroxyl groups is 1. The molecule has 1 fully saturated rings. The van der Waals surface area contributed by atoms with E-state index >= 15 is 0 Å². The van der Waals surface area contributed by atoms with Crippen LogP contribution in [0.5, 0.6) is 0 Å². The van der Waals surface area contributed by atoms with Gasteiger partial charge in [0.25, 0.3) is 0 Å². The topological polar surface area (TPSA) is 32.3 Å². The minimum absolute atomic E-state index is 0.344. The molecule has 0 amide bonds. The van der Waals surface area contributed by atoms with E-state index in [0.29, 0.717) is 6.61 Å². The standard InChI is InChI=1S/C11H23N.C4H10O/c1-3-9-12-11-8-6-4-5-7-10(11)2;1-2-3-4-5/h10-12H,3-9H2,1-2H3;5H,2-4H2,1H3. The first kappa shape index (κ1) is 16.9. The van der Waals surface area contributed by atoms with Gasteiger partial charge in [-0.3, -0.25) is 0 Å². The van der Waals surface area contributed by atoms with Crippen molar-refractivity contribution in [1.82, 2.24) is 5.32 Å². The van der Waals surface area contributed by atoms with E-state index in [9.17, 15) is 0 Å². The van der Waals surface area contributed by atoms with E-state index < -0.39 is 0 Å². The lowest BCUT2D eigenvalue weighted by atomic mass is 9.97. The third kappa shape index (κ3) is 9.61. The molecule has 0 saturated heterocycles. The second-order valence-corrected chi connectivity index (χ2v) is 5.25. The zero-order valence-electron chi connectivity index (χ0n) is 12.2. The zero-order chi connectivity index (χ0) is 12.9. The van der Waals surface area contributed by atoms with Crippen LogP contribution in [-0.4, -0.2) is 24.3 Å². The quantitative estimate of drug-likeness (QED) is 0.721. The average molecular weight is 243 g/mol. The van der Waals surface area contributed by atoms with Gasteiger partial charge in [-0.1, -0.05) is 46.5 Å². The fourth-order valence-electron chi connectivity index (χ4n) is 2.28. The van der Waals surface area contributed by atoms with Crippen LogP contribution in [0, 0.1) is 5.92 Å². The van der Waals surface area contributed by atoms with Gasteiger partial charge in [-0.15, -0.1) is 0 Å². The highest BCUT2D eigenvalue weighted by molar-refractivity contribution is 4.76. The molecule has 2 N–H and O–H groups in total. The van der Waals surface area contributed by atoms with Crippen molar-refractivity contribution in [3.63, 3.8) is 0 Å². The van der Waals surface area contributed by atoms with Crippen LogP contribution in [0.25, 0.3) is 0 Å². The number of unbranched alkanes of at least 4 members (excludes halogenated alkanes) is 1. The molecule has 2 nitrogen and oxygen atoms in total. The van der Waals surface area contributed by atoms with Crippen LogP contribution in [0.15, 0.2) is 0 Å². The molecule has 1 aliphatic carbocycles. The largest absolute Gasteiger partial charge is 0.396 e. The maximum Gasteiger partial charge on any atom is 0.0430 e. The highest BCUT2D eigenvalue weighted by Gasteiger charge is 2.18. The third-order valence-corrected chi connectivity index (χ3v) is 3.53. The van der Waals surface area contributed by atoms with E-state index in [1.54, 1.807) is 0 Å². The van der Waals surface area contributed by atoms with Crippen molar-refractivity contribution in [2.24, 2.45) is 5.92 Å². The smallest absolute Gasteiger partial charge is 0.0430 e. The first-order valence-electron chi connectivity index (χ1n) is 7.60. The monoisotopic (exact) mass is 243 g/mol. The van der Waals surface area contributed by atoms with Crippen LogP contribution >= 0.6 is 0 Å². The predicted octanol–water partition coefficient (Wildman–Crippen LogP) is 3.73. The maximum atomic E-state index is 8.07. The van der Waals surface area contributed by atoms with Gasteiger partial charge in [-0.05, 0) is 38.1 Å². The van der Waals surface area contributed by atoms with Gasteiger partial charge in [-0.2, -0.15) is 0 Å². The van der Waals surface area contributed by atoms with E-state index in [4.69, 9.17) is 5.11 Å². The number of nitrogens with one attached hydrogen (secondary N) is 1. The zero-order valence-corrected chi connectivity index (χ0v) is 12.2. The van der Waals surface area contributed by atoms with Gasteiger partial charge in [0, 0.05) is 12.6 Å². The minimum Gasteiger partial charge on any atom is -0.396 e. The fraction of sp³-hybridized carbons (Fsp3) is 1.00. The van der Waals surface area contributed by atoms with Gasteiger partial charge in [0.15, 0.2) is 0 Å². The van der Waals surface area contributed by atoms with Crippen LogP contribution in [0.4, 0.5) is 0 Å². The molecule has 0 aromatic carbocycles. The summed E-state index contributed by atoms with van der Waals surface area (Å²) >= 11 is 0. The van der Waals surface area contributed by atoms with Crippen molar-refractivity contribution < 1.29 is 5.11 Å². The first-order chi connectivity index (χ1) is 8.26. The highest BCUT2D eigenvalue weighted by Crippen LogP contribution is 2.22. The van der Waals surface area contributed by atoms with Gasteiger partial charge in [-0.25, -0.2) is 0 Å². The molecule has 2 heteroatoms. The van der Waals surface area contributed by atoms with E-state index in [-0.39, 0.29) is 0 Å². The Bertz CT molecular complexity index is 148. The van der Waals surface area contributed by atoms with Crippen LogP contribution in [0.3, 0.4) is 0 Å². The Morgan fingerprint density at radius 3 is 2.29 bits per heavy atom. The summed E-state index contributed by atoms with van der Waals surface area (Å²) in [6, 6.07) is 0.812. The molecule has 0 spiro atoms. The van der Waals surface area contributed by atoms with Crippen LogP contribution in [0.2, 0.25) is 0 Å². The van der Waals surface area contributed by atoms with E-state index in [0.717, 1.165) is 24.8 Å². The molecule has 104 valence electrons. The van der Waals surface area contributed by atoms with Crippen molar-refractivity contribution in [1.29, 1.82) is 0 Å². The third-order valence-electron chi connectivity index (χ3n) is 3.53.